The van der Waals surface area contributed by atoms with Gasteiger partial charge in [0.1, 0.15) is 5.75 Å². The summed E-state index contributed by atoms with van der Waals surface area (Å²) < 4.78 is 5.56. The summed E-state index contributed by atoms with van der Waals surface area (Å²) in [4.78, 5) is 3.95. The summed E-state index contributed by atoms with van der Waals surface area (Å²) in [7, 11) is 1.59. The maximum Gasteiger partial charge on any atom is 0.207 e. The fourth-order valence-corrected chi connectivity index (χ4v) is 1.89. The Labute approximate surface area is 89.5 Å². The summed E-state index contributed by atoms with van der Waals surface area (Å²) in [6.45, 7) is 0. The second-order valence-corrected chi connectivity index (χ2v) is 4.00. The molecule has 2 aromatic heterocycles. The molecule has 0 saturated carbocycles. The van der Waals surface area contributed by atoms with E-state index in [-0.39, 0.29) is 0 Å². The van der Waals surface area contributed by atoms with Crippen molar-refractivity contribution >= 4 is 22.9 Å². The van der Waals surface area contributed by atoms with E-state index in [0.29, 0.717) is 10.2 Å². The van der Waals surface area contributed by atoms with Gasteiger partial charge in [-0.3, -0.25) is 4.98 Å². The molecule has 4 nitrogen and oxygen atoms in total. The molecule has 72 valence electrons. The molecule has 0 unspecified atom stereocenters. The van der Waals surface area contributed by atoms with Crippen molar-refractivity contribution in [3.8, 4) is 16.3 Å². The second-order valence-electron chi connectivity index (χ2n) is 2.44. The number of hydrogen-bond donors (Lipinski definition) is 0. The Morgan fingerprint density at radius 2 is 2.29 bits per heavy atom. The molecule has 0 aliphatic rings. The van der Waals surface area contributed by atoms with Crippen molar-refractivity contribution in [2.24, 2.45) is 0 Å². The number of hydrogen-bond acceptors (Lipinski definition) is 5. The van der Waals surface area contributed by atoms with Gasteiger partial charge < -0.3 is 4.74 Å². The van der Waals surface area contributed by atoms with Gasteiger partial charge in [0.05, 0.1) is 18.9 Å². The van der Waals surface area contributed by atoms with E-state index in [2.05, 4.69) is 15.2 Å². The van der Waals surface area contributed by atoms with Crippen LogP contribution in [-0.4, -0.2) is 22.3 Å². The Hall–Kier alpha value is -1.20. The van der Waals surface area contributed by atoms with Crippen LogP contribution in [0.1, 0.15) is 0 Å². The molecule has 0 fully saturated rings. The van der Waals surface area contributed by atoms with Gasteiger partial charge in [-0.05, 0) is 17.7 Å². The zero-order valence-electron chi connectivity index (χ0n) is 7.27. The topological polar surface area (TPSA) is 47.9 Å². The molecular formula is C8H6ClN3OS. The first-order valence-corrected chi connectivity index (χ1v) is 4.98. The Balaban J connectivity index is 2.50. The van der Waals surface area contributed by atoms with Gasteiger partial charge in [-0.2, -0.15) is 0 Å². The molecule has 0 N–H and O–H groups in total. The molecule has 0 spiro atoms. The van der Waals surface area contributed by atoms with Crippen LogP contribution in [0.5, 0.6) is 5.75 Å². The van der Waals surface area contributed by atoms with Crippen LogP contribution in [0.15, 0.2) is 18.5 Å². The van der Waals surface area contributed by atoms with Gasteiger partial charge in [-0.1, -0.05) is 11.3 Å². The zero-order chi connectivity index (χ0) is 9.97. The standard InChI is InChI=1S/C8H6ClN3OS/c1-13-6-4-10-3-2-5(6)7-11-12-8(9)14-7/h2-4H,1H3. The van der Waals surface area contributed by atoms with Crippen LogP contribution in [0.3, 0.4) is 0 Å². The molecule has 0 amide bonds. The summed E-state index contributed by atoms with van der Waals surface area (Å²) >= 11 is 7.00. The number of nitrogens with zero attached hydrogens (tertiary/aromatic N) is 3. The van der Waals surface area contributed by atoms with Crippen molar-refractivity contribution in [2.75, 3.05) is 7.11 Å². The largest absolute Gasteiger partial charge is 0.494 e. The fraction of sp³-hybridized carbons (Fsp3) is 0.125. The average molecular weight is 228 g/mol. The van der Waals surface area contributed by atoms with E-state index in [0.717, 1.165) is 10.6 Å². The van der Waals surface area contributed by atoms with Gasteiger partial charge >= 0.3 is 0 Å². The number of aromatic nitrogens is 3. The number of pyridine rings is 1. The molecule has 0 aromatic carbocycles. The lowest BCUT2D eigenvalue weighted by molar-refractivity contribution is 0.414. The molecule has 2 rings (SSSR count). The number of methoxy groups -OCH3 is 1. The van der Waals surface area contributed by atoms with E-state index in [4.69, 9.17) is 16.3 Å². The third-order valence-corrected chi connectivity index (χ3v) is 2.69. The fourth-order valence-electron chi connectivity index (χ4n) is 1.03. The van der Waals surface area contributed by atoms with Gasteiger partial charge in [0.2, 0.25) is 4.47 Å². The van der Waals surface area contributed by atoms with Crippen LogP contribution in [0.25, 0.3) is 10.6 Å². The zero-order valence-corrected chi connectivity index (χ0v) is 8.84. The molecule has 0 aliphatic heterocycles. The van der Waals surface area contributed by atoms with E-state index >= 15 is 0 Å². The molecule has 2 heterocycles. The number of ether oxygens (including phenoxy) is 1. The lowest BCUT2D eigenvalue weighted by Gasteiger charge is -2.02. The monoisotopic (exact) mass is 227 g/mol. The highest BCUT2D eigenvalue weighted by atomic mass is 35.5. The Morgan fingerprint density at radius 1 is 1.43 bits per heavy atom. The summed E-state index contributed by atoms with van der Waals surface area (Å²) in [5.74, 6) is 0.667. The van der Waals surface area contributed by atoms with Crippen molar-refractivity contribution in [3.63, 3.8) is 0 Å². The van der Waals surface area contributed by atoms with E-state index in [9.17, 15) is 0 Å². The lowest BCUT2D eigenvalue weighted by Crippen LogP contribution is -1.88. The van der Waals surface area contributed by atoms with Gasteiger partial charge in [-0.15, -0.1) is 10.2 Å². The van der Waals surface area contributed by atoms with Crippen molar-refractivity contribution < 1.29 is 4.74 Å². The van der Waals surface area contributed by atoms with E-state index in [1.54, 1.807) is 19.5 Å². The molecule has 0 radical (unpaired) electrons. The van der Waals surface area contributed by atoms with Gasteiger partial charge in [-0.25, -0.2) is 0 Å². The van der Waals surface area contributed by atoms with Gasteiger partial charge in [0, 0.05) is 6.20 Å². The predicted octanol–water partition coefficient (Wildman–Crippen LogP) is 2.26. The summed E-state index contributed by atoms with van der Waals surface area (Å²) in [5, 5.41) is 8.38. The maximum atomic E-state index is 5.69. The molecule has 0 aliphatic carbocycles. The Morgan fingerprint density at radius 3 is 2.93 bits per heavy atom. The minimum Gasteiger partial charge on any atom is -0.494 e. The number of rotatable bonds is 2. The van der Waals surface area contributed by atoms with Gasteiger partial charge in [0.15, 0.2) is 5.01 Å². The van der Waals surface area contributed by atoms with E-state index in [1.807, 2.05) is 6.07 Å². The molecule has 0 saturated heterocycles. The quantitative estimate of drug-likeness (QED) is 0.790. The first-order valence-electron chi connectivity index (χ1n) is 3.78. The maximum absolute atomic E-state index is 5.69. The first-order chi connectivity index (χ1) is 6.81. The summed E-state index contributed by atoms with van der Waals surface area (Å²) in [5.41, 5.74) is 0.854. The highest BCUT2D eigenvalue weighted by Gasteiger charge is 2.10. The molecule has 6 heteroatoms. The predicted molar refractivity (Wildman–Crippen MR) is 54.7 cm³/mol. The average Bonchev–Trinajstić information content (AvgIpc) is 2.65. The number of halogens is 1. The van der Waals surface area contributed by atoms with Crippen molar-refractivity contribution in [3.05, 3.63) is 22.9 Å². The van der Waals surface area contributed by atoms with Gasteiger partial charge in [0.25, 0.3) is 0 Å². The Bertz CT molecular complexity index is 446. The van der Waals surface area contributed by atoms with Crippen LogP contribution < -0.4 is 4.74 Å². The molecule has 0 atom stereocenters. The van der Waals surface area contributed by atoms with Crippen LogP contribution in [0, 0.1) is 0 Å². The molecule has 2 aromatic rings. The Kier molecular flexibility index (Phi) is 2.60. The highest BCUT2D eigenvalue weighted by Crippen LogP contribution is 2.32. The first kappa shape index (κ1) is 9.36. The SMILES string of the molecule is COc1cnccc1-c1nnc(Cl)s1. The third-order valence-electron chi connectivity index (χ3n) is 1.64. The minimum atomic E-state index is 0.416. The molecule has 14 heavy (non-hydrogen) atoms. The van der Waals surface area contributed by atoms with Crippen molar-refractivity contribution in [1.82, 2.24) is 15.2 Å². The lowest BCUT2D eigenvalue weighted by atomic mass is 10.2. The van der Waals surface area contributed by atoms with Crippen molar-refractivity contribution in [2.45, 2.75) is 0 Å². The smallest absolute Gasteiger partial charge is 0.207 e. The highest BCUT2D eigenvalue weighted by molar-refractivity contribution is 7.18. The summed E-state index contributed by atoms with van der Waals surface area (Å²) in [6, 6.07) is 1.82. The molecule has 0 bridgehead atoms. The normalized spacial score (nSPS) is 10.1. The minimum absolute atomic E-state index is 0.416. The van der Waals surface area contributed by atoms with Crippen molar-refractivity contribution in [1.29, 1.82) is 0 Å². The summed E-state index contributed by atoms with van der Waals surface area (Å²) in [6.07, 6.45) is 3.30. The van der Waals surface area contributed by atoms with Crippen LogP contribution in [-0.2, 0) is 0 Å². The molecular weight excluding hydrogens is 222 g/mol. The second kappa shape index (κ2) is 3.89. The van der Waals surface area contributed by atoms with E-state index < -0.39 is 0 Å². The van der Waals surface area contributed by atoms with Crippen LogP contribution in [0.4, 0.5) is 0 Å². The van der Waals surface area contributed by atoms with Crippen LogP contribution >= 0.6 is 22.9 Å². The van der Waals surface area contributed by atoms with Crippen LogP contribution in [0.2, 0.25) is 4.47 Å². The third kappa shape index (κ3) is 1.69. The van der Waals surface area contributed by atoms with E-state index in [1.165, 1.54) is 11.3 Å².